The van der Waals surface area contributed by atoms with Crippen LogP contribution in [0.5, 0.6) is 0 Å². The van der Waals surface area contributed by atoms with Gasteiger partial charge in [-0.15, -0.1) is 11.8 Å². The van der Waals surface area contributed by atoms with E-state index in [4.69, 9.17) is 0 Å². The topological polar surface area (TPSA) is 12.0 Å². The van der Waals surface area contributed by atoms with Gasteiger partial charge in [0, 0.05) is 24.3 Å². The van der Waals surface area contributed by atoms with Gasteiger partial charge in [0.15, 0.2) is 0 Å². The molecule has 1 saturated carbocycles. The second-order valence-corrected chi connectivity index (χ2v) is 4.51. The monoisotopic (exact) mass is 183 g/mol. The molecule has 2 heteroatoms. The van der Waals surface area contributed by atoms with E-state index in [2.05, 4.69) is 23.4 Å². The van der Waals surface area contributed by atoms with Gasteiger partial charge in [0.1, 0.15) is 0 Å². The molecule has 68 valence electrons. The van der Waals surface area contributed by atoms with E-state index in [-0.39, 0.29) is 0 Å². The Morgan fingerprint density at radius 3 is 2.75 bits per heavy atom. The summed E-state index contributed by atoms with van der Waals surface area (Å²) in [6.07, 6.45) is 5.97. The van der Waals surface area contributed by atoms with Crippen LogP contribution >= 0.6 is 11.8 Å². The van der Waals surface area contributed by atoms with Crippen molar-refractivity contribution in [3.8, 4) is 11.8 Å². The molecular formula is C10H17NS. The van der Waals surface area contributed by atoms with E-state index >= 15 is 0 Å². The summed E-state index contributed by atoms with van der Waals surface area (Å²) in [6, 6.07) is 0. The van der Waals surface area contributed by atoms with Crippen LogP contribution in [0.25, 0.3) is 0 Å². The third kappa shape index (κ3) is 3.08. The predicted octanol–water partition coefficient (Wildman–Crippen LogP) is 1.89. The van der Waals surface area contributed by atoms with E-state index < -0.39 is 0 Å². The third-order valence-electron chi connectivity index (χ3n) is 2.29. The Morgan fingerprint density at radius 1 is 1.50 bits per heavy atom. The maximum atomic E-state index is 3.45. The van der Waals surface area contributed by atoms with Crippen molar-refractivity contribution >= 4 is 11.8 Å². The van der Waals surface area contributed by atoms with Crippen LogP contribution in [0.3, 0.4) is 0 Å². The summed E-state index contributed by atoms with van der Waals surface area (Å²) in [5.41, 5.74) is 0. The highest BCUT2D eigenvalue weighted by molar-refractivity contribution is 8.00. The molecule has 1 aliphatic rings. The zero-order valence-corrected chi connectivity index (χ0v) is 8.76. The molecule has 0 amide bonds. The van der Waals surface area contributed by atoms with Gasteiger partial charge in [-0.3, -0.25) is 0 Å². The van der Waals surface area contributed by atoms with Gasteiger partial charge in [-0.25, -0.2) is 0 Å². The fourth-order valence-electron chi connectivity index (χ4n) is 1.18. The molecule has 1 fully saturated rings. The fraction of sp³-hybridized carbons (Fsp3) is 0.800. The molecule has 1 N–H and O–H groups in total. The first-order chi connectivity index (χ1) is 5.83. The van der Waals surface area contributed by atoms with E-state index in [0.717, 1.165) is 13.0 Å². The first kappa shape index (κ1) is 9.95. The lowest BCUT2D eigenvalue weighted by Gasteiger charge is -2.11. The normalized spacial score (nSPS) is 18.2. The van der Waals surface area contributed by atoms with Crippen LogP contribution in [-0.4, -0.2) is 24.1 Å². The molecule has 0 unspecified atom stereocenters. The highest BCUT2D eigenvalue weighted by atomic mass is 32.2. The van der Waals surface area contributed by atoms with Crippen LogP contribution in [0.15, 0.2) is 0 Å². The lowest BCUT2D eigenvalue weighted by Crippen LogP contribution is -2.26. The van der Waals surface area contributed by atoms with Crippen molar-refractivity contribution in [3.63, 3.8) is 0 Å². The first-order valence-electron chi connectivity index (χ1n) is 4.48. The van der Waals surface area contributed by atoms with Crippen LogP contribution in [0, 0.1) is 11.8 Å². The first-order valence-corrected chi connectivity index (χ1v) is 5.71. The van der Waals surface area contributed by atoms with Crippen molar-refractivity contribution in [2.24, 2.45) is 0 Å². The predicted molar refractivity (Wildman–Crippen MR) is 56.4 cm³/mol. The van der Waals surface area contributed by atoms with Crippen LogP contribution in [0.1, 0.15) is 26.2 Å². The van der Waals surface area contributed by atoms with Crippen LogP contribution in [-0.2, 0) is 0 Å². The minimum absolute atomic E-state index is 0.597. The molecule has 0 aliphatic heterocycles. The molecule has 1 nitrogen and oxygen atoms in total. The smallest absolute Gasteiger partial charge is 0.0282 e. The second-order valence-electron chi connectivity index (χ2n) is 3.24. The van der Waals surface area contributed by atoms with Gasteiger partial charge >= 0.3 is 0 Å². The van der Waals surface area contributed by atoms with Crippen molar-refractivity contribution in [1.82, 2.24) is 5.32 Å². The van der Waals surface area contributed by atoms with Crippen molar-refractivity contribution in [2.45, 2.75) is 30.9 Å². The molecule has 12 heavy (non-hydrogen) atoms. The Kier molecular flexibility index (Phi) is 3.97. The third-order valence-corrected chi connectivity index (χ3v) is 3.71. The zero-order valence-electron chi connectivity index (χ0n) is 7.94. The second kappa shape index (κ2) is 4.79. The Labute approximate surface area is 79.7 Å². The van der Waals surface area contributed by atoms with Gasteiger partial charge in [0.25, 0.3) is 0 Å². The summed E-state index contributed by atoms with van der Waals surface area (Å²) in [5, 5.41) is 3.45. The summed E-state index contributed by atoms with van der Waals surface area (Å²) < 4.78 is 0.597. The molecule has 1 aliphatic carbocycles. The number of rotatable bonds is 5. The molecule has 0 aromatic carbocycles. The van der Waals surface area contributed by atoms with E-state index in [1.54, 1.807) is 0 Å². The molecule has 0 atom stereocenters. The minimum Gasteiger partial charge on any atom is -0.314 e. The van der Waals surface area contributed by atoms with E-state index in [1.165, 1.54) is 19.4 Å². The molecule has 0 aromatic rings. The minimum atomic E-state index is 0.597. The maximum Gasteiger partial charge on any atom is 0.0282 e. The van der Waals surface area contributed by atoms with E-state index in [9.17, 15) is 0 Å². The standard InChI is InChI=1S/C10H17NS/c1-3-4-5-8-11-9-10(12-2)6-7-10/h11H,5-9H2,1-2H3. The number of hydrogen-bond acceptors (Lipinski definition) is 2. The summed E-state index contributed by atoms with van der Waals surface area (Å²) >= 11 is 2.00. The van der Waals surface area contributed by atoms with E-state index in [1.807, 2.05) is 18.7 Å². The highest BCUT2D eigenvalue weighted by Gasteiger charge is 2.40. The number of hydrogen-bond donors (Lipinski definition) is 1. The van der Waals surface area contributed by atoms with Crippen molar-refractivity contribution < 1.29 is 0 Å². The van der Waals surface area contributed by atoms with E-state index in [0.29, 0.717) is 4.75 Å². The molecular weight excluding hydrogens is 166 g/mol. The molecule has 0 spiro atoms. The van der Waals surface area contributed by atoms with Crippen LogP contribution < -0.4 is 5.32 Å². The molecule has 1 rings (SSSR count). The van der Waals surface area contributed by atoms with Gasteiger partial charge in [-0.2, -0.15) is 11.8 Å². The summed E-state index contributed by atoms with van der Waals surface area (Å²) in [4.78, 5) is 0. The molecule has 0 saturated heterocycles. The Morgan fingerprint density at radius 2 is 2.25 bits per heavy atom. The van der Waals surface area contributed by atoms with Gasteiger partial charge in [-0.1, -0.05) is 0 Å². The Bertz CT molecular complexity index is 186. The molecule has 0 radical (unpaired) electrons. The SMILES string of the molecule is CC#CCCNCC1(SC)CC1. The maximum absolute atomic E-state index is 3.45. The molecule has 0 heterocycles. The lowest BCUT2D eigenvalue weighted by molar-refractivity contribution is 0.670. The Balaban J connectivity index is 1.98. The van der Waals surface area contributed by atoms with Gasteiger partial charge < -0.3 is 5.32 Å². The van der Waals surface area contributed by atoms with Crippen LogP contribution in [0.4, 0.5) is 0 Å². The average Bonchev–Trinajstić information content (AvgIpc) is 2.85. The quantitative estimate of drug-likeness (QED) is 0.516. The van der Waals surface area contributed by atoms with Crippen molar-refractivity contribution in [3.05, 3.63) is 0 Å². The average molecular weight is 183 g/mol. The highest BCUT2D eigenvalue weighted by Crippen LogP contribution is 2.46. The number of thioether (sulfide) groups is 1. The summed E-state index contributed by atoms with van der Waals surface area (Å²) in [7, 11) is 0. The lowest BCUT2D eigenvalue weighted by atomic mass is 10.3. The van der Waals surface area contributed by atoms with Gasteiger partial charge in [0.2, 0.25) is 0 Å². The largest absolute Gasteiger partial charge is 0.314 e. The fourth-order valence-corrected chi connectivity index (χ4v) is 1.94. The van der Waals surface area contributed by atoms with Crippen molar-refractivity contribution in [2.75, 3.05) is 19.3 Å². The molecule has 0 bridgehead atoms. The zero-order chi connectivity index (χ0) is 8.86. The number of nitrogens with one attached hydrogen (secondary N) is 1. The van der Waals surface area contributed by atoms with Gasteiger partial charge in [0.05, 0.1) is 0 Å². The molecule has 0 aromatic heterocycles. The summed E-state index contributed by atoms with van der Waals surface area (Å²) in [5.74, 6) is 5.95. The summed E-state index contributed by atoms with van der Waals surface area (Å²) in [6.45, 7) is 4.10. The van der Waals surface area contributed by atoms with Crippen molar-refractivity contribution in [1.29, 1.82) is 0 Å². The van der Waals surface area contributed by atoms with Crippen LogP contribution in [0.2, 0.25) is 0 Å². The van der Waals surface area contributed by atoms with Gasteiger partial charge in [-0.05, 0) is 26.0 Å². The Hall–Kier alpha value is -0.130.